The van der Waals surface area contributed by atoms with Crippen molar-refractivity contribution in [1.29, 1.82) is 0 Å². The van der Waals surface area contributed by atoms with Gasteiger partial charge in [0.1, 0.15) is 5.65 Å². The van der Waals surface area contributed by atoms with Gasteiger partial charge in [-0.15, -0.1) is 0 Å². The van der Waals surface area contributed by atoms with Crippen molar-refractivity contribution in [3.05, 3.63) is 55.0 Å². The lowest BCUT2D eigenvalue weighted by molar-refractivity contribution is 1.33. The van der Waals surface area contributed by atoms with E-state index < -0.39 is 0 Å². The standard InChI is InChI=1S/C15H11N3/c1-2-14-11(3-6-16-14)9-10(1)12-4-7-17-15-13(12)5-8-18-15/h1-9,16H,(H,17,18). The first-order chi connectivity index (χ1) is 8.92. The molecule has 0 spiro atoms. The lowest BCUT2D eigenvalue weighted by Crippen LogP contribution is -1.82. The Morgan fingerprint density at radius 2 is 1.83 bits per heavy atom. The minimum atomic E-state index is 0.932. The maximum atomic E-state index is 4.32. The molecule has 0 aliphatic carbocycles. The van der Waals surface area contributed by atoms with Gasteiger partial charge in [0.15, 0.2) is 0 Å². The van der Waals surface area contributed by atoms with E-state index in [0.717, 1.165) is 16.6 Å². The van der Waals surface area contributed by atoms with E-state index in [-0.39, 0.29) is 0 Å². The van der Waals surface area contributed by atoms with Gasteiger partial charge in [-0.3, -0.25) is 0 Å². The fraction of sp³-hybridized carbons (Fsp3) is 0. The molecule has 0 aliphatic rings. The largest absolute Gasteiger partial charge is 0.361 e. The highest BCUT2D eigenvalue weighted by molar-refractivity contribution is 5.95. The smallest absolute Gasteiger partial charge is 0.137 e. The molecule has 0 unspecified atom stereocenters. The van der Waals surface area contributed by atoms with Crippen LogP contribution in [0.25, 0.3) is 33.1 Å². The fourth-order valence-electron chi connectivity index (χ4n) is 2.43. The number of nitrogens with one attached hydrogen (secondary N) is 2. The van der Waals surface area contributed by atoms with Crippen LogP contribution in [-0.4, -0.2) is 15.0 Å². The second-order valence-corrected chi connectivity index (χ2v) is 4.38. The quantitative estimate of drug-likeness (QED) is 0.517. The molecule has 4 aromatic rings. The van der Waals surface area contributed by atoms with Crippen molar-refractivity contribution < 1.29 is 0 Å². The molecule has 0 saturated carbocycles. The predicted molar refractivity (Wildman–Crippen MR) is 73.4 cm³/mol. The molecule has 0 fully saturated rings. The summed E-state index contributed by atoms with van der Waals surface area (Å²) in [5.74, 6) is 0. The highest BCUT2D eigenvalue weighted by Crippen LogP contribution is 2.29. The molecule has 3 heteroatoms. The minimum absolute atomic E-state index is 0.932. The van der Waals surface area contributed by atoms with E-state index in [1.165, 1.54) is 16.5 Å². The van der Waals surface area contributed by atoms with Crippen LogP contribution in [0.15, 0.2) is 55.0 Å². The summed E-state index contributed by atoms with van der Waals surface area (Å²) in [5.41, 5.74) is 4.53. The van der Waals surface area contributed by atoms with Gasteiger partial charge in [0.05, 0.1) is 0 Å². The van der Waals surface area contributed by atoms with Crippen LogP contribution >= 0.6 is 0 Å². The molecule has 4 rings (SSSR count). The molecule has 3 aromatic heterocycles. The number of rotatable bonds is 1. The summed E-state index contributed by atoms with van der Waals surface area (Å²) < 4.78 is 0. The predicted octanol–water partition coefficient (Wildman–Crippen LogP) is 3.71. The third-order valence-corrected chi connectivity index (χ3v) is 3.32. The molecular formula is C15H11N3. The topological polar surface area (TPSA) is 44.5 Å². The fourth-order valence-corrected chi connectivity index (χ4v) is 2.43. The second-order valence-electron chi connectivity index (χ2n) is 4.38. The normalized spacial score (nSPS) is 11.3. The molecule has 2 N–H and O–H groups in total. The van der Waals surface area contributed by atoms with Crippen molar-refractivity contribution in [3.63, 3.8) is 0 Å². The van der Waals surface area contributed by atoms with Gasteiger partial charge in [-0.1, -0.05) is 6.07 Å². The average Bonchev–Trinajstić information content (AvgIpc) is 3.05. The van der Waals surface area contributed by atoms with Crippen LogP contribution in [-0.2, 0) is 0 Å². The molecule has 86 valence electrons. The van der Waals surface area contributed by atoms with Gasteiger partial charge in [0, 0.05) is 29.5 Å². The Morgan fingerprint density at radius 3 is 2.83 bits per heavy atom. The summed E-state index contributed by atoms with van der Waals surface area (Å²) in [5, 5.41) is 2.39. The SMILES string of the molecule is c1cc(-c2ccc3[nH]ccc3c2)c2cc[nH]c2n1. The van der Waals surface area contributed by atoms with Crippen LogP contribution in [0.4, 0.5) is 0 Å². The maximum Gasteiger partial charge on any atom is 0.137 e. The minimum Gasteiger partial charge on any atom is -0.361 e. The number of hydrogen-bond donors (Lipinski definition) is 2. The molecular weight excluding hydrogens is 222 g/mol. The van der Waals surface area contributed by atoms with Gasteiger partial charge in [0.2, 0.25) is 0 Å². The van der Waals surface area contributed by atoms with E-state index >= 15 is 0 Å². The second kappa shape index (κ2) is 3.47. The molecule has 0 bridgehead atoms. The Morgan fingerprint density at radius 1 is 0.889 bits per heavy atom. The van der Waals surface area contributed by atoms with Crippen LogP contribution in [0, 0.1) is 0 Å². The van der Waals surface area contributed by atoms with E-state index in [1.807, 2.05) is 18.6 Å². The summed E-state index contributed by atoms with van der Waals surface area (Å²) in [4.78, 5) is 10.7. The van der Waals surface area contributed by atoms with Gasteiger partial charge in [-0.25, -0.2) is 4.98 Å². The number of benzene rings is 1. The van der Waals surface area contributed by atoms with Crippen LogP contribution in [0.2, 0.25) is 0 Å². The Bertz CT molecular complexity index is 839. The van der Waals surface area contributed by atoms with Crippen molar-refractivity contribution in [1.82, 2.24) is 15.0 Å². The monoisotopic (exact) mass is 233 g/mol. The first-order valence-electron chi connectivity index (χ1n) is 5.91. The van der Waals surface area contributed by atoms with Gasteiger partial charge in [-0.2, -0.15) is 0 Å². The van der Waals surface area contributed by atoms with Crippen LogP contribution in [0.5, 0.6) is 0 Å². The summed E-state index contributed by atoms with van der Waals surface area (Å²) in [6.07, 6.45) is 5.73. The molecule has 3 nitrogen and oxygen atoms in total. The maximum absolute atomic E-state index is 4.32. The van der Waals surface area contributed by atoms with Crippen molar-refractivity contribution in [2.75, 3.05) is 0 Å². The average molecular weight is 233 g/mol. The number of H-pyrrole nitrogens is 2. The number of aromatic nitrogens is 3. The molecule has 0 radical (unpaired) electrons. The number of nitrogens with zero attached hydrogens (tertiary/aromatic N) is 1. The summed E-state index contributed by atoms with van der Waals surface area (Å²) in [6.45, 7) is 0. The molecule has 0 amide bonds. The summed E-state index contributed by atoms with van der Waals surface area (Å²) >= 11 is 0. The summed E-state index contributed by atoms with van der Waals surface area (Å²) in [7, 11) is 0. The van der Waals surface area contributed by atoms with Gasteiger partial charge >= 0.3 is 0 Å². The highest BCUT2D eigenvalue weighted by atomic mass is 14.8. The van der Waals surface area contributed by atoms with Crippen molar-refractivity contribution >= 4 is 21.9 Å². The number of aromatic amines is 2. The third-order valence-electron chi connectivity index (χ3n) is 3.32. The lowest BCUT2D eigenvalue weighted by atomic mass is 10.0. The molecule has 0 atom stereocenters. The van der Waals surface area contributed by atoms with Crippen molar-refractivity contribution in [2.45, 2.75) is 0 Å². The van der Waals surface area contributed by atoms with Gasteiger partial charge < -0.3 is 9.97 Å². The zero-order valence-electron chi connectivity index (χ0n) is 9.64. The molecule has 3 heterocycles. The number of pyridine rings is 1. The first-order valence-corrected chi connectivity index (χ1v) is 5.91. The van der Waals surface area contributed by atoms with E-state index in [0.29, 0.717) is 0 Å². The molecule has 18 heavy (non-hydrogen) atoms. The zero-order valence-corrected chi connectivity index (χ0v) is 9.64. The highest BCUT2D eigenvalue weighted by Gasteiger charge is 2.06. The van der Waals surface area contributed by atoms with Crippen LogP contribution in [0.3, 0.4) is 0 Å². The summed E-state index contributed by atoms with van der Waals surface area (Å²) in [6, 6.07) is 12.7. The van der Waals surface area contributed by atoms with E-state index in [2.05, 4.69) is 51.4 Å². The lowest BCUT2D eigenvalue weighted by Gasteiger charge is -2.03. The third kappa shape index (κ3) is 1.27. The first kappa shape index (κ1) is 9.48. The van der Waals surface area contributed by atoms with Gasteiger partial charge in [-0.05, 0) is 46.8 Å². The zero-order chi connectivity index (χ0) is 11.9. The van der Waals surface area contributed by atoms with Crippen LogP contribution < -0.4 is 0 Å². The van der Waals surface area contributed by atoms with E-state index in [1.54, 1.807) is 0 Å². The molecule has 0 saturated heterocycles. The Labute approximate surface area is 103 Å². The Kier molecular flexibility index (Phi) is 1.83. The molecule has 1 aromatic carbocycles. The van der Waals surface area contributed by atoms with Crippen LogP contribution in [0.1, 0.15) is 0 Å². The van der Waals surface area contributed by atoms with E-state index in [9.17, 15) is 0 Å². The van der Waals surface area contributed by atoms with Gasteiger partial charge in [0.25, 0.3) is 0 Å². The number of fused-ring (bicyclic) bond motifs is 2. The van der Waals surface area contributed by atoms with Crippen molar-refractivity contribution in [3.8, 4) is 11.1 Å². The van der Waals surface area contributed by atoms with Crippen molar-refractivity contribution in [2.24, 2.45) is 0 Å². The Balaban J connectivity index is 2.03. The van der Waals surface area contributed by atoms with E-state index in [4.69, 9.17) is 0 Å². The molecule has 0 aliphatic heterocycles. The Hall–Kier alpha value is -2.55. The number of hydrogen-bond acceptors (Lipinski definition) is 1.